The highest BCUT2D eigenvalue weighted by molar-refractivity contribution is 5.93. The Morgan fingerprint density at radius 3 is 3.12 bits per heavy atom. The Morgan fingerprint density at radius 2 is 2.35 bits per heavy atom. The minimum atomic E-state index is -0.0883. The Balaban J connectivity index is 2.16. The molecule has 5 heteroatoms. The molecule has 5 nitrogen and oxygen atoms in total. The summed E-state index contributed by atoms with van der Waals surface area (Å²) in [4.78, 5) is 19.3. The number of carbonyl (C=O) groups excluding carboxylic acids is 1. The predicted molar refractivity (Wildman–Crippen MR) is 63.9 cm³/mol. The largest absolute Gasteiger partial charge is 0.371 e. The highest BCUT2D eigenvalue weighted by Gasteiger charge is 2.22. The van der Waals surface area contributed by atoms with Crippen molar-refractivity contribution >= 4 is 5.91 Å². The Hall–Kier alpha value is -1.36. The first-order valence-corrected chi connectivity index (χ1v) is 6.21. The van der Waals surface area contributed by atoms with Gasteiger partial charge in [-0.3, -0.25) is 4.79 Å². The van der Waals surface area contributed by atoms with E-state index >= 15 is 0 Å². The van der Waals surface area contributed by atoms with Crippen LogP contribution in [0.1, 0.15) is 54.8 Å². The molecule has 1 aliphatic rings. The molecule has 0 saturated heterocycles. The molecule has 1 amide bonds. The molecule has 94 valence electrons. The van der Waals surface area contributed by atoms with Crippen molar-refractivity contribution in [2.24, 2.45) is 0 Å². The van der Waals surface area contributed by atoms with Gasteiger partial charge in [0.1, 0.15) is 17.6 Å². The van der Waals surface area contributed by atoms with E-state index in [0.29, 0.717) is 12.3 Å². The van der Waals surface area contributed by atoms with E-state index in [9.17, 15) is 4.79 Å². The zero-order chi connectivity index (χ0) is 12.3. The molecule has 2 heterocycles. The van der Waals surface area contributed by atoms with E-state index in [1.807, 2.05) is 6.92 Å². The monoisotopic (exact) mass is 237 g/mol. The van der Waals surface area contributed by atoms with Gasteiger partial charge < -0.3 is 15.0 Å². The molecular weight excluding hydrogens is 218 g/mol. The predicted octanol–water partition coefficient (Wildman–Crippen LogP) is 1.57. The lowest BCUT2D eigenvalue weighted by Gasteiger charge is -2.09. The topological polar surface area (TPSA) is 67.0 Å². The van der Waals surface area contributed by atoms with Crippen LogP contribution in [0.4, 0.5) is 0 Å². The van der Waals surface area contributed by atoms with Crippen molar-refractivity contribution in [3.8, 4) is 0 Å². The Morgan fingerprint density at radius 1 is 1.53 bits per heavy atom. The summed E-state index contributed by atoms with van der Waals surface area (Å²) >= 11 is 0. The Bertz CT molecular complexity index is 400. The van der Waals surface area contributed by atoms with Crippen LogP contribution in [0.5, 0.6) is 0 Å². The van der Waals surface area contributed by atoms with Gasteiger partial charge in [0.2, 0.25) is 0 Å². The van der Waals surface area contributed by atoms with Gasteiger partial charge in [-0.05, 0) is 26.2 Å². The summed E-state index contributed by atoms with van der Waals surface area (Å²) in [6.07, 6.45) is 2.70. The molecule has 2 N–H and O–H groups in total. The van der Waals surface area contributed by atoms with Crippen molar-refractivity contribution in [1.82, 2.24) is 15.3 Å². The number of nitrogens with one attached hydrogen (secondary N) is 2. The van der Waals surface area contributed by atoms with Gasteiger partial charge in [0, 0.05) is 18.8 Å². The van der Waals surface area contributed by atoms with Crippen LogP contribution in [0, 0.1) is 0 Å². The fourth-order valence-corrected chi connectivity index (χ4v) is 1.92. The summed E-state index contributed by atoms with van der Waals surface area (Å²) < 4.78 is 5.60. The molecule has 1 unspecified atom stereocenters. The normalized spacial score (nSPS) is 17.2. The smallest absolute Gasteiger partial charge is 0.271 e. The molecule has 0 aliphatic carbocycles. The molecule has 0 bridgehead atoms. The average molecular weight is 237 g/mol. The lowest BCUT2D eigenvalue weighted by atomic mass is 10.2. The first-order chi connectivity index (χ1) is 8.22. The van der Waals surface area contributed by atoms with E-state index in [2.05, 4.69) is 22.2 Å². The fraction of sp³-hybridized carbons (Fsp3) is 0.667. The van der Waals surface area contributed by atoms with Crippen LogP contribution in [0.2, 0.25) is 0 Å². The summed E-state index contributed by atoms with van der Waals surface area (Å²) in [6, 6.07) is 0. The van der Waals surface area contributed by atoms with E-state index in [1.165, 1.54) is 0 Å². The van der Waals surface area contributed by atoms with Crippen molar-refractivity contribution < 1.29 is 9.53 Å². The van der Waals surface area contributed by atoms with Crippen molar-refractivity contribution in [1.29, 1.82) is 0 Å². The number of hydrogen-bond donors (Lipinski definition) is 2. The molecule has 0 saturated carbocycles. The highest BCUT2D eigenvalue weighted by Crippen LogP contribution is 2.18. The molecule has 0 fully saturated rings. The standard InChI is InChI=1S/C12H19N3O2/c1-3-7-17-8(2)11-14-9-5-4-6-13-12(16)10(9)15-11/h8H,3-7H2,1-2H3,(H,13,16)(H,14,15). The number of imidazole rings is 1. The third-order valence-corrected chi connectivity index (χ3v) is 2.86. The lowest BCUT2D eigenvalue weighted by Crippen LogP contribution is -2.23. The average Bonchev–Trinajstić information content (AvgIpc) is 2.68. The highest BCUT2D eigenvalue weighted by atomic mass is 16.5. The fourth-order valence-electron chi connectivity index (χ4n) is 1.92. The van der Waals surface area contributed by atoms with Crippen molar-refractivity contribution in [2.45, 2.75) is 39.2 Å². The molecule has 1 aliphatic heterocycles. The van der Waals surface area contributed by atoms with Crippen LogP contribution in [-0.2, 0) is 11.2 Å². The number of rotatable bonds is 4. The molecule has 1 aromatic rings. The first kappa shape index (κ1) is 12.1. The first-order valence-electron chi connectivity index (χ1n) is 6.21. The second kappa shape index (κ2) is 5.31. The Kier molecular flexibility index (Phi) is 3.78. The van der Waals surface area contributed by atoms with Gasteiger partial charge in [0.25, 0.3) is 5.91 Å². The molecule has 2 rings (SSSR count). The molecule has 1 atom stereocenters. The van der Waals surface area contributed by atoms with Gasteiger partial charge in [-0.2, -0.15) is 0 Å². The second-order valence-corrected chi connectivity index (χ2v) is 4.32. The van der Waals surface area contributed by atoms with Crippen molar-refractivity contribution in [3.63, 3.8) is 0 Å². The molecule has 0 radical (unpaired) electrons. The quantitative estimate of drug-likeness (QED) is 0.835. The van der Waals surface area contributed by atoms with E-state index in [-0.39, 0.29) is 12.0 Å². The SMILES string of the molecule is CCCOC(C)c1nc2c([nH]1)CCCNC2=O. The molecule has 17 heavy (non-hydrogen) atoms. The maximum absolute atomic E-state index is 11.7. The summed E-state index contributed by atoms with van der Waals surface area (Å²) in [5.74, 6) is 0.670. The molecule has 1 aromatic heterocycles. The summed E-state index contributed by atoms with van der Waals surface area (Å²) in [7, 11) is 0. The number of aromatic amines is 1. The van der Waals surface area contributed by atoms with Crippen LogP contribution in [-0.4, -0.2) is 29.0 Å². The number of hydrogen-bond acceptors (Lipinski definition) is 3. The van der Waals surface area contributed by atoms with Gasteiger partial charge in [0.15, 0.2) is 0 Å². The van der Waals surface area contributed by atoms with E-state index in [1.54, 1.807) is 0 Å². The number of ether oxygens (including phenoxy) is 1. The number of aromatic nitrogens is 2. The van der Waals surface area contributed by atoms with Crippen LogP contribution in [0.25, 0.3) is 0 Å². The van der Waals surface area contributed by atoms with Gasteiger partial charge >= 0.3 is 0 Å². The van der Waals surface area contributed by atoms with Gasteiger partial charge in [-0.25, -0.2) is 4.98 Å². The summed E-state index contributed by atoms with van der Waals surface area (Å²) in [5, 5.41) is 2.83. The van der Waals surface area contributed by atoms with Crippen LogP contribution >= 0.6 is 0 Å². The summed E-state index contributed by atoms with van der Waals surface area (Å²) in [6.45, 7) is 5.45. The zero-order valence-corrected chi connectivity index (χ0v) is 10.4. The maximum Gasteiger partial charge on any atom is 0.271 e. The Labute approximate surface area is 101 Å². The molecule has 0 aromatic carbocycles. The van der Waals surface area contributed by atoms with Crippen molar-refractivity contribution in [3.05, 3.63) is 17.2 Å². The van der Waals surface area contributed by atoms with E-state index in [4.69, 9.17) is 4.74 Å². The number of carbonyl (C=O) groups is 1. The third kappa shape index (κ3) is 2.66. The van der Waals surface area contributed by atoms with Crippen LogP contribution < -0.4 is 5.32 Å². The number of H-pyrrole nitrogens is 1. The second-order valence-electron chi connectivity index (χ2n) is 4.32. The zero-order valence-electron chi connectivity index (χ0n) is 10.4. The summed E-state index contributed by atoms with van der Waals surface area (Å²) in [5.41, 5.74) is 1.46. The minimum Gasteiger partial charge on any atom is -0.371 e. The maximum atomic E-state index is 11.7. The lowest BCUT2D eigenvalue weighted by molar-refractivity contribution is 0.0606. The van der Waals surface area contributed by atoms with Gasteiger partial charge in [-0.1, -0.05) is 6.92 Å². The van der Waals surface area contributed by atoms with Crippen LogP contribution in [0.3, 0.4) is 0 Å². The number of fused-ring (bicyclic) bond motifs is 1. The van der Waals surface area contributed by atoms with Gasteiger partial charge in [0.05, 0.1) is 0 Å². The number of nitrogens with zero attached hydrogens (tertiary/aromatic N) is 1. The molecule has 0 spiro atoms. The van der Waals surface area contributed by atoms with Gasteiger partial charge in [-0.15, -0.1) is 0 Å². The number of aryl methyl sites for hydroxylation is 1. The van der Waals surface area contributed by atoms with E-state index < -0.39 is 0 Å². The molecular formula is C12H19N3O2. The third-order valence-electron chi connectivity index (χ3n) is 2.86. The van der Waals surface area contributed by atoms with Crippen molar-refractivity contribution in [2.75, 3.05) is 13.2 Å². The van der Waals surface area contributed by atoms with Crippen LogP contribution in [0.15, 0.2) is 0 Å². The number of amides is 1. The van der Waals surface area contributed by atoms with E-state index in [0.717, 1.165) is 37.3 Å². The minimum absolute atomic E-state index is 0.0808.